The number of nitrogens with zero attached hydrogens (tertiary/aromatic N) is 3. The molecule has 1 aliphatic heterocycles. The molecule has 3 heterocycles. The lowest BCUT2D eigenvalue weighted by molar-refractivity contribution is 0.0994. The molecule has 2 aromatic carbocycles. The summed E-state index contributed by atoms with van der Waals surface area (Å²) in [6.07, 6.45) is 2.40. The third-order valence-corrected chi connectivity index (χ3v) is 5.71. The van der Waals surface area contributed by atoms with Crippen LogP contribution < -0.4 is 20.2 Å². The highest BCUT2D eigenvalue weighted by Gasteiger charge is 2.29. The van der Waals surface area contributed by atoms with Gasteiger partial charge in [-0.05, 0) is 42.8 Å². The Labute approximate surface area is 184 Å². The Morgan fingerprint density at radius 1 is 1.00 bits per heavy atom. The van der Waals surface area contributed by atoms with Crippen molar-refractivity contribution in [2.75, 3.05) is 30.0 Å². The van der Waals surface area contributed by atoms with E-state index >= 15 is 0 Å². The lowest BCUT2D eigenvalue weighted by Gasteiger charge is -2.24. The fourth-order valence-electron chi connectivity index (χ4n) is 4.10. The van der Waals surface area contributed by atoms with Crippen molar-refractivity contribution < 1.29 is 9.53 Å². The quantitative estimate of drug-likeness (QED) is 0.505. The Hall–Kier alpha value is -4.07. The largest absolute Gasteiger partial charge is 0.493 e. The molecule has 8 heteroatoms. The van der Waals surface area contributed by atoms with E-state index in [1.165, 1.54) is 0 Å². The summed E-state index contributed by atoms with van der Waals surface area (Å²) < 4.78 is 5.87. The van der Waals surface area contributed by atoms with Gasteiger partial charge in [0.25, 0.3) is 5.91 Å². The van der Waals surface area contributed by atoms with Crippen LogP contribution in [-0.4, -0.2) is 41.1 Å². The zero-order valence-electron chi connectivity index (χ0n) is 17.9. The zero-order chi connectivity index (χ0) is 22.2. The lowest BCUT2D eigenvalue weighted by Crippen LogP contribution is -2.25. The van der Waals surface area contributed by atoms with Crippen LogP contribution in [0.2, 0.25) is 0 Å². The number of ether oxygens (including phenoxy) is 1. The molecule has 0 spiro atoms. The number of imidazole rings is 1. The van der Waals surface area contributed by atoms with Gasteiger partial charge in [-0.3, -0.25) is 4.79 Å². The molecule has 8 nitrogen and oxygen atoms in total. The third kappa shape index (κ3) is 3.39. The number of hydrogen-bond donors (Lipinski definition) is 2. The van der Waals surface area contributed by atoms with Crippen molar-refractivity contribution in [1.82, 2.24) is 15.0 Å². The second-order valence-electron chi connectivity index (χ2n) is 7.70. The molecule has 0 saturated heterocycles. The van der Waals surface area contributed by atoms with E-state index in [-0.39, 0.29) is 11.6 Å². The van der Waals surface area contributed by atoms with Crippen LogP contribution in [0.3, 0.4) is 0 Å². The first-order valence-corrected chi connectivity index (χ1v) is 10.5. The predicted octanol–water partition coefficient (Wildman–Crippen LogP) is 3.62. The molecule has 1 aliphatic rings. The highest BCUT2D eigenvalue weighted by Crippen LogP contribution is 2.38. The average Bonchev–Trinajstić information content (AvgIpc) is 3.15. The van der Waals surface area contributed by atoms with Crippen LogP contribution in [-0.2, 0) is 6.42 Å². The average molecular weight is 429 g/mol. The number of anilines is 3. The summed E-state index contributed by atoms with van der Waals surface area (Å²) in [5.74, 6) is 1.25. The molecule has 0 saturated carbocycles. The maximum Gasteiger partial charge on any atom is 0.323 e. The number of aromatic amines is 2. The first-order chi connectivity index (χ1) is 15.5. The van der Waals surface area contributed by atoms with E-state index in [1.807, 2.05) is 43.3 Å². The van der Waals surface area contributed by atoms with Crippen LogP contribution in [0.4, 0.5) is 17.2 Å². The number of aromatic nitrogens is 3. The van der Waals surface area contributed by atoms with Crippen molar-refractivity contribution in [2.45, 2.75) is 13.3 Å². The maximum absolute atomic E-state index is 13.2. The zero-order valence-corrected chi connectivity index (χ0v) is 17.9. The minimum absolute atomic E-state index is 0.0828. The van der Waals surface area contributed by atoms with Crippen LogP contribution in [0, 0.1) is 0 Å². The van der Waals surface area contributed by atoms with Gasteiger partial charge in [-0.2, -0.15) is 0 Å². The van der Waals surface area contributed by atoms with E-state index in [9.17, 15) is 9.59 Å². The molecule has 162 valence electrons. The summed E-state index contributed by atoms with van der Waals surface area (Å²) in [4.78, 5) is 38.5. The predicted molar refractivity (Wildman–Crippen MR) is 124 cm³/mol. The monoisotopic (exact) mass is 429 g/mol. The first kappa shape index (κ1) is 19.9. The van der Waals surface area contributed by atoms with Crippen LogP contribution in [0.1, 0.15) is 22.8 Å². The van der Waals surface area contributed by atoms with Crippen molar-refractivity contribution in [1.29, 1.82) is 0 Å². The van der Waals surface area contributed by atoms with Crippen molar-refractivity contribution in [3.05, 3.63) is 76.3 Å². The minimum atomic E-state index is -0.244. The molecule has 0 fully saturated rings. The van der Waals surface area contributed by atoms with Crippen molar-refractivity contribution >= 4 is 34.1 Å². The smallest absolute Gasteiger partial charge is 0.323 e. The van der Waals surface area contributed by atoms with Gasteiger partial charge in [-0.1, -0.05) is 12.1 Å². The molecule has 2 aromatic heterocycles. The van der Waals surface area contributed by atoms with Crippen LogP contribution in [0.5, 0.6) is 5.75 Å². The highest BCUT2D eigenvalue weighted by molar-refractivity contribution is 6.13. The standard InChI is InChI=1S/C24H23N5O3/c1-3-29-21-7-5-4-6-20(21)28(2)23(30)17-12-15(14-25-22(17)29)10-11-32-16-8-9-18-19(13-16)27-24(31)26-18/h4-9,12-14H,3,10-11H2,1-2H3,(H2,26,27,31). The number of carbonyl (C=O) groups is 1. The van der Waals surface area contributed by atoms with Gasteiger partial charge in [0, 0.05) is 32.3 Å². The summed E-state index contributed by atoms with van der Waals surface area (Å²) in [6.45, 7) is 3.17. The summed E-state index contributed by atoms with van der Waals surface area (Å²) >= 11 is 0. The normalized spacial score (nSPS) is 13.1. The molecule has 32 heavy (non-hydrogen) atoms. The maximum atomic E-state index is 13.2. The summed E-state index contributed by atoms with van der Waals surface area (Å²) in [5.41, 5.74) is 4.52. The van der Waals surface area contributed by atoms with Gasteiger partial charge in [-0.15, -0.1) is 0 Å². The van der Waals surface area contributed by atoms with Gasteiger partial charge in [0.2, 0.25) is 0 Å². The molecule has 0 unspecified atom stereocenters. The molecular weight excluding hydrogens is 406 g/mol. The van der Waals surface area contributed by atoms with Gasteiger partial charge in [0.1, 0.15) is 11.6 Å². The van der Waals surface area contributed by atoms with Gasteiger partial charge >= 0.3 is 5.69 Å². The first-order valence-electron chi connectivity index (χ1n) is 10.5. The van der Waals surface area contributed by atoms with Gasteiger partial charge in [0.05, 0.1) is 34.6 Å². The summed E-state index contributed by atoms with van der Waals surface area (Å²) in [7, 11) is 1.79. The number of benzene rings is 2. The van der Waals surface area contributed by atoms with Crippen molar-refractivity contribution in [3.8, 4) is 5.75 Å². The molecule has 0 aliphatic carbocycles. The molecule has 4 aromatic rings. The van der Waals surface area contributed by atoms with Crippen LogP contribution in [0.15, 0.2) is 59.5 Å². The lowest BCUT2D eigenvalue weighted by atomic mass is 10.1. The van der Waals surface area contributed by atoms with Crippen molar-refractivity contribution in [3.63, 3.8) is 0 Å². The highest BCUT2D eigenvalue weighted by atomic mass is 16.5. The number of hydrogen-bond acceptors (Lipinski definition) is 5. The number of rotatable bonds is 5. The van der Waals surface area contributed by atoms with Gasteiger partial charge in [-0.25, -0.2) is 9.78 Å². The topological polar surface area (TPSA) is 94.3 Å². The Morgan fingerprint density at radius 2 is 1.78 bits per heavy atom. The van der Waals surface area contributed by atoms with E-state index in [0.29, 0.717) is 42.2 Å². The second kappa shape index (κ2) is 7.88. The molecular formula is C24H23N5O3. The molecule has 1 amide bonds. The van der Waals surface area contributed by atoms with Crippen LogP contribution >= 0.6 is 0 Å². The summed E-state index contributed by atoms with van der Waals surface area (Å²) in [5, 5.41) is 0. The van der Waals surface area contributed by atoms with Gasteiger partial charge in [0.15, 0.2) is 0 Å². The molecule has 0 radical (unpaired) electrons. The second-order valence-corrected chi connectivity index (χ2v) is 7.70. The van der Waals surface area contributed by atoms with E-state index in [0.717, 1.165) is 22.5 Å². The number of pyridine rings is 1. The molecule has 0 bridgehead atoms. The van der Waals surface area contributed by atoms with Crippen LogP contribution in [0.25, 0.3) is 11.0 Å². The third-order valence-electron chi connectivity index (χ3n) is 5.71. The number of nitrogens with one attached hydrogen (secondary N) is 2. The minimum Gasteiger partial charge on any atom is -0.493 e. The van der Waals surface area contributed by atoms with E-state index in [2.05, 4.69) is 19.9 Å². The van der Waals surface area contributed by atoms with Gasteiger partial charge < -0.3 is 24.5 Å². The number of para-hydroxylation sites is 2. The van der Waals surface area contributed by atoms with E-state index in [4.69, 9.17) is 4.74 Å². The fraction of sp³-hybridized carbons (Fsp3) is 0.208. The Kier molecular flexibility index (Phi) is 4.89. The number of H-pyrrole nitrogens is 2. The summed E-state index contributed by atoms with van der Waals surface area (Å²) in [6, 6.07) is 15.2. The number of carbonyl (C=O) groups excluding carboxylic acids is 1. The number of amides is 1. The number of fused-ring (bicyclic) bond motifs is 3. The molecule has 0 atom stereocenters. The van der Waals surface area contributed by atoms with Crippen molar-refractivity contribution in [2.24, 2.45) is 0 Å². The van der Waals surface area contributed by atoms with E-state index < -0.39 is 0 Å². The SMILES string of the molecule is CCN1c2ccccc2N(C)C(=O)c2cc(CCOc3ccc4[nH]c(=O)[nH]c4c3)cnc21. The Bertz CT molecular complexity index is 1370. The molecule has 2 N–H and O–H groups in total. The Balaban J connectivity index is 1.38. The fourth-order valence-corrected chi connectivity index (χ4v) is 4.10. The Morgan fingerprint density at radius 3 is 2.59 bits per heavy atom. The molecule has 5 rings (SSSR count). The van der Waals surface area contributed by atoms with E-state index in [1.54, 1.807) is 30.3 Å².